The van der Waals surface area contributed by atoms with E-state index in [0.29, 0.717) is 17.5 Å². The second kappa shape index (κ2) is 19.3. The normalized spacial score (nSPS) is 9.67. The van der Waals surface area contributed by atoms with Crippen molar-refractivity contribution in [1.29, 1.82) is 0 Å². The Morgan fingerprint density at radius 2 is 1.30 bits per heavy atom. The molecular weight excluding hydrogens is 585 g/mol. The molecule has 0 N–H and O–H groups in total. The van der Waals surface area contributed by atoms with Crippen LogP contribution in [0.15, 0.2) is 85.1 Å². The molecule has 0 saturated carbocycles. The maximum absolute atomic E-state index is 4.91. The van der Waals surface area contributed by atoms with E-state index in [1.54, 1.807) is 14.2 Å². The number of ether oxygens (including phenoxy) is 2. The molecule has 1 aromatic heterocycles. The second-order valence-corrected chi connectivity index (χ2v) is 9.63. The van der Waals surface area contributed by atoms with Crippen molar-refractivity contribution in [3.63, 3.8) is 0 Å². The van der Waals surface area contributed by atoms with Gasteiger partial charge in [-0.25, -0.2) is 0 Å². The van der Waals surface area contributed by atoms with Gasteiger partial charge in [0, 0.05) is 41.4 Å². The van der Waals surface area contributed by atoms with Crippen LogP contribution in [-0.2, 0) is 42.5 Å². The van der Waals surface area contributed by atoms with Crippen LogP contribution in [0.1, 0.15) is 0 Å². The first-order valence-electron chi connectivity index (χ1n) is 9.92. The van der Waals surface area contributed by atoms with Gasteiger partial charge in [0.15, 0.2) is 0 Å². The second-order valence-electron chi connectivity index (χ2n) is 6.43. The smallest absolute Gasteiger partial charge is 1.00 e. The van der Waals surface area contributed by atoms with Crippen molar-refractivity contribution in [2.45, 2.75) is 0 Å². The first-order valence-corrected chi connectivity index (χ1v) is 12.1. The van der Waals surface area contributed by atoms with Crippen LogP contribution in [-0.4, -0.2) is 54.7 Å². The number of rotatable bonds is 9. The number of halogens is 1. The zero-order chi connectivity index (χ0) is 22.3. The number of hydrogen-bond donors (Lipinski definition) is 0. The van der Waals surface area contributed by atoms with Gasteiger partial charge in [-0.3, -0.25) is 4.98 Å². The van der Waals surface area contributed by atoms with Gasteiger partial charge in [-0.1, -0.05) is 71.1 Å². The molecule has 2 aromatic carbocycles. The van der Waals surface area contributed by atoms with Gasteiger partial charge in [-0.05, 0) is 22.7 Å². The van der Waals surface area contributed by atoms with Gasteiger partial charge in [-0.15, -0.1) is 0 Å². The molecule has 0 fully saturated rings. The Kier molecular flexibility index (Phi) is 18.7. The molecule has 4 nitrogen and oxygen atoms in total. The first kappa shape index (κ1) is 32.0. The number of thiocarbonyl (C=S) groups is 1. The van der Waals surface area contributed by atoms with Crippen molar-refractivity contribution >= 4 is 53.1 Å². The van der Waals surface area contributed by atoms with Crippen molar-refractivity contribution in [3.05, 3.63) is 85.1 Å². The van der Waals surface area contributed by atoms with Gasteiger partial charge < -0.3 is 51.6 Å². The van der Waals surface area contributed by atoms with Gasteiger partial charge in [-0.2, -0.15) is 0 Å². The molecule has 0 aliphatic rings. The van der Waals surface area contributed by atoms with Crippen LogP contribution in [0, 0.1) is 0 Å². The average molecular weight is 613 g/mol. The minimum Gasteiger partial charge on any atom is -1.00 e. The Morgan fingerprint density at radius 1 is 0.848 bits per heavy atom. The Balaban J connectivity index is 0.000000648. The number of aromatic nitrogens is 1. The van der Waals surface area contributed by atoms with Crippen molar-refractivity contribution in [2.75, 3.05) is 40.5 Å². The number of pyridine rings is 1. The summed E-state index contributed by atoms with van der Waals surface area (Å²) in [5, 5.41) is 2.67. The number of nitrogens with zero attached hydrogens (tertiary/aromatic N) is 2. The fraction of sp³-hybridized carbons (Fsp3) is 0.250. The number of hydrogen-bond acceptors (Lipinski definition) is 5. The van der Waals surface area contributed by atoms with E-state index in [0.717, 1.165) is 18.5 Å². The molecule has 0 unspecified atom stereocenters. The van der Waals surface area contributed by atoms with Crippen LogP contribution in [0.2, 0.25) is 0 Å². The van der Waals surface area contributed by atoms with Crippen molar-refractivity contribution in [3.8, 4) is 0 Å². The van der Waals surface area contributed by atoms with E-state index >= 15 is 0 Å². The fourth-order valence-corrected chi connectivity index (χ4v) is 5.30. The van der Waals surface area contributed by atoms with Crippen LogP contribution in [0.3, 0.4) is 0 Å². The SMILES string of the molecule is COCCN(CCOC)C(=S)[S-].[Cl-].[Pd+2].c1ccc(P(c2ccccc2)c2ccccn2)cc1. The summed E-state index contributed by atoms with van der Waals surface area (Å²) in [7, 11) is 2.75. The van der Waals surface area contributed by atoms with Crippen molar-refractivity contribution < 1.29 is 42.3 Å². The maximum atomic E-state index is 4.91. The topological polar surface area (TPSA) is 34.6 Å². The third-order valence-electron chi connectivity index (χ3n) is 4.30. The Morgan fingerprint density at radius 3 is 1.67 bits per heavy atom. The number of methoxy groups -OCH3 is 2. The molecule has 0 aliphatic heterocycles. The van der Waals surface area contributed by atoms with E-state index in [1.165, 1.54) is 10.6 Å². The van der Waals surface area contributed by atoms with Gasteiger partial charge >= 0.3 is 20.4 Å². The summed E-state index contributed by atoms with van der Waals surface area (Å²) in [6.07, 6.45) is 1.87. The van der Waals surface area contributed by atoms with E-state index in [-0.39, 0.29) is 32.8 Å². The molecule has 0 amide bonds. The number of benzene rings is 2. The Bertz CT molecular complexity index is 781. The molecule has 3 aromatic rings. The first-order chi connectivity index (χ1) is 15.2. The van der Waals surface area contributed by atoms with Crippen LogP contribution in [0.5, 0.6) is 0 Å². The van der Waals surface area contributed by atoms with Crippen LogP contribution < -0.4 is 28.5 Å². The van der Waals surface area contributed by atoms with E-state index in [1.807, 2.05) is 17.2 Å². The molecule has 3 rings (SSSR count). The van der Waals surface area contributed by atoms with Crippen LogP contribution in [0.4, 0.5) is 0 Å². The molecule has 0 radical (unpaired) electrons. The van der Waals surface area contributed by atoms with Gasteiger partial charge in [0.05, 0.1) is 18.6 Å². The van der Waals surface area contributed by atoms with E-state index in [2.05, 4.69) is 77.8 Å². The maximum Gasteiger partial charge on any atom is 2.00 e. The minimum atomic E-state index is -0.557. The predicted molar refractivity (Wildman–Crippen MR) is 138 cm³/mol. The zero-order valence-electron chi connectivity index (χ0n) is 18.6. The van der Waals surface area contributed by atoms with Gasteiger partial charge in [0.25, 0.3) is 0 Å². The molecule has 33 heavy (non-hydrogen) atoms. The van der Waals surface area contributed by atoms with E-state index in [4.69, 9.17) is 34.3 Å². The third-order valence-corrected chi connectivity index (χ3v) is 7.16. The molecule has 1 heterocycles. The summed E-state index contributed by atoms with van der Waals surface area (Å²) >= 11 is 9.75. The molecule has 0 bridgehead atoms. The summed E-state index contributed by atoms with van der Waals surface area (Å²) in [6.45, 7) is 2.76. The average Bonchev–Trinajstić information content (AvgIpc) is 2.82. The molecule has 0 atom stereocenters. The Labute approximate surface area is 229 Å². The summed E-state index contributed by atoms with van der Waals surface area (Å²) in [5.74, 6) is 0. The van der Waals surface area contributed by atoms with Gasteiger partial charge in [0.1, 0.15) is 0 Å². The fourth-order valence-electron chi connectivity index (χ4n) is 2.75. The summed E-state index contributed by atoms with van der Waals surface area (Å²) in [4.78, 5) is 6.45. The van der Waals surface area contributed by atoms with E-state index < -0.39 is 7.92 Å². The third kappa shape index (κ3) is 11.8. The quantitative estimate of drug-likeness (QED) is 0.149. The van der Waals surface area contributed by atoms with E-state index in [9.17, 15) is 0 Å². The van der Waals surface area contributed by atoms with Gasteiger partial charge in [0.2, 0.25) is 0 Å². The van der Waals surface area contributed by atoms with Crippen LogP contribution >= 0.6 is 20.1 Å². The molecule has 180 valence electrons. The summed E-state index contributed by atoms with van der Waals surface area (Å²) < 4.78 is 10.3. The molecule has 0 spiro atoms. The van der Waals surface area contributed by atoms with Crippen molar-refractivity contribution in [2.24, 2.45) is 0 Å². The standard InChI is InChI=1S/C17H14NP.C7H15NO2S2.ClH.Pd/c1-3-9-15(10-4-1)19(16-11-5-2-6-12-16)17-13-7-8-14-18-17;1-9-5-3-8(7(11)12)4-6-10-2;;/h1-14H;3-6H2,1-2H3,(H,11,12);1H;/q;;;+2/p-2. The summed E-state index contributed by atoms with van der Waals surface area (Å²) in [5.41, 5.74) is 1.15. The monoisotopic (exact) mass is 612 g/mol. The summed E-state index contributed by atoms with van der Waals surface area (Å²) in [6, 6.07) is 27.4. The Hall–Kier alpha value is -0.998. The van der Waals surface area contributed by atoms with Crippen LogP contribution in [0.25, 0.3) is 0 Å². The zero-order valence-corrected chi connectivity index (χ0v) is 23.4. The van der Waals surface area contributed by atoms with Crippen molar-refractivity contribution in [1.82, 2.24) is 9.88 Å². The molecule has 9 heteroatoms. The molecule has 0 saturated heterocycles. The predicted octanol–water partition coefficient (Wildman–Crippen LogP) is 0.254. The largest absolute Gasteiger partial charge is 2.00 e. The minimum absolute atomic E-state index is 0. The molecular formula is C24H28ClN2O2PPdS2. The molecule has 0 aliphatic carbocycles.